The highest BCUT2D eigenvalue weighted by Gasteiger charge is 2.19. The smallest absolute Gasteiger partial charge is 0.307 e. The maximum Gasteiger partial charge on any atom is 0.307 e. The molecule has 0 aliphatic heterocycles. The molecular weight excluding hydrogens is 168 g/mol. The molecule has 0 fully saturated rings. The molecule has 0 bridgehead atoms. The number of carboxylic acid groups (broad SMARTS) is 2. The Kier molecular flexibility index (Phi) is 4.69. The molecule has 0 spiro atoms. The van der Waals surface area contributed by atoms with E-state index in [0.29, 0.717) is 12.2 Å². The monoisotopic (exact) mass is 178 g/mol. The second-order valence-corrected chi connectivity index (χ2v) is 2.59. The number of hydrogen-bond acceptors (Lipinski definition) is 3. The Balaban J connectivity index is 3.89. The van der Waals surface area contributed by atoms with Gasteiger partial charge < -0.3 is 10.2 Å². The van der Waals surface area contributed by atoms with Crippen LogP contribution in [0.1, 0.15) is 12.8 Å². The summed E-state index contributed by atoms with van der Waals surface area (Å²) in [7, 11) is 0. The Morgan fingerprint density at radius 3 is 2.18 bits per heavy atom. The van der Waals surface area contributed by atoms with E-state index in [2.05, 4.69) is 12.6 Å². The van der Waals surface area contributed by atoms with Crippen molar-refractivity contribution >= 4 is 24.6 Å². The SMILES string of the molecule is O=C(O)CC(CCS)C(=O)O. The van der Waals surface area contributed by atoms with E-state index in [9.17, 15) is 9.59 Å². The van der Waals surface area contributed by atoms with Crippen molar-refractivity contribution in [2.75, 3.05) is 5.75 Å². The predicted octanol–water partition coefficient (Wildman–Crippen LogP) is 0.482. The fourth-order valence-electron chi connectivity index (χ4n) is 0.679. The number of rotatable bonds is 5. The fourth-order valence-corrected chi connectivity index (χ4v) is 0.991. The van der Waals surface area contributed by atoms with Crippen molar-refractivity contribution in [3.63, 3.8) is 0 Å². The van der Waals surface area contributed by atoms with Crippen molar-refractivity contribution in [2.24, 2.45) is 5.92 Å². The molecule has 2 N–H and O–H groups in total. The summed E-state index contributed by atoms with van der Waals surface area (Å²) < 4.78 is 0. The third-order valence-corrected chi connectivity index (χ3v) is 1.51. The number of aliphatic carboxylic acids is 2. The molecule has 0 radical (unpaired) electrons. The van der Waals surface area contributed by atoms with Crippen LogP contribution in [0, 0.1) is 5.92 Å². The number of carboxylic acids is 2. The summed E-state index contributed by atoms with van der Waals surface area (Å²) in [6.07, 6.45) is -0.0271. The molecule has 1 unspecified atom stereocenters. The quantitative estimate of drug-likeness (QED) is 0.535. The highest BCUT2D eigenvalue weighted by Crippen LogP contribution is 2.09. The maximum absolute atomic E-state index is 10.3. The predicted molar refractivity (Wildman–Crippen MR) is 41.8 cm³/mol. The molecule has 0 saturated carbocycles. The topological polar surface area (TPSA) is 74.6 Å². The Morgan fingerprint density at radius 1 is 1.36 bits per heavy atom. The average molecular weight is 178 g/mol. The van der Waals surface area contributed by atoms with Crippen molar-refractivity contribution in [1.82, 2.24) is 0 Å². The van der Waals surface area contributed by atoms with Crippen molar-refractivity contribution in [3.05, 3.63) is 0 Å². The van der Waals surface area contributed by atoms with Crippen LogP contribution >= 0.6 is 12.6 Å². The minimum Gasteiger partial charge on any atom is -0.481 e. The summed E-state index contributed by atoms with van der Waals surface area (Å²) >= 11 is 3.82. The molecule has 11 heavy (non-hydrogen) atoms. The van der Waals surface area contributed by atoms with E-state index < -0.39 is 17.9 Å². The lowest BCUT2D eigenvalue weighted by atomic mass is 10.0. The van der Waals surface area contributed by atoms with E-state index >= 15 is 0 Å². The first-order valence-electron chi connectivity index (χ1n) is 3.13. The minimum atomic E-state index is -1.08. The third-order valence-electron chi connectivity index (χ3n) is 1.25. The lowest BCUT2D eigenvalue weighted by Gasteiger charge is -2.05. The molecule has 5 heteroatoms. The van der Waals surface area contributed by atoms with Gasteiger partial charge in [-0.25, -0.2) is 0 Å². The van der Waals surface area contributed by atoms with Crippen LogP contribution in [0.5, 0.6) is 0 Å². The number of hydrogen-bond donors (Lipinski definition) is 3. The minimum absolute atomic E-state index is 0.296. The largest absolute Gasteiger partial charge is 0.481 e. The van der Waals surface area contributed by atoms with Gasteiger partial charge in [-0.15, -0.1) is 0 Å². The normalized spacial score (nSPS) is 12.5. The van der Waals surface area contributed by atoms with E-state index in [1.54, 1.807) is 0 Å². The van der Waals surface area contributed by atoms with Crippen LogP contribution in [-0.4, -0.2) is 27.9 Å². The van der Waals surface area contributed by atoms with Gasteiger partial charge in [0, 0.05) is 0 Å². The van der Waals surface area contributed by atoms with E-state index in [4.69, 9.17) is 10.2 Å². The molecule has 0 heterocycles. The summed E-state index contributed by atoms with van der Waals surface area (Å²) in [5.41, 5.74) is 0. The van der Waals surface area contributed by atoms with Gasteiger partial charge in [-0.3, -0.25) is 9.59 Å². The molecule has 1 atom stereocenters. The van der Waals surface area contributed by atoms with Gasteiger partial charge in [0.1, 0.15) is 0 Å². The first kappa shape index (κ1) is 10.3. The van der Waals surface area contributed by atoms with Crippen LogP contribution in [0.15, 0.2) is 0 Å². The molecule has 0 aromatic rings. The molecule has 4 nitrogen and oxygen atoms in total. The maximum atomic E-state index is 10.3. The first-order valence-corrected chi connectivity index (χ1v) is 3.76. The van der Waals surface area contributed by atoms with Gasteiger partial charge in [0.25, 0.3) is 0 Å². The zero-order chi connectivity index (χ0) is 8.85. The van der Waals surface area contributed by atoms with Gasteiger partial charge in [-0.05, 0) is 12.2 Å². The van der Waals surface area contributed by atoms with E-state index in [1.165, 1.54) is 0 Å². The third kappa shape index (κ3) is 4.66. The molecule has 0 aromatic carbocycles. The molecule has 0 rings (SSSR count). The Bertz CT molecular complexity index is 157. The van der Waals surface area contributed by atoms with Gasteiger partial charge in [0.15, 0.2) is 0 Å². The second kappa shape index (κ2) is 5.01. The summed E-state index contributed by atoms with van der Waals surface area (Å²) in [6, 6.07) is 0. The Labute approximate surface area is 69.6 Å². The van der Waals surface area contributed by atoms with Crippen LogP contribution < -0.4 is 0 Å². The lowest BCUT2D eigenvalue weighted by molar-refractivity contribution is -0.148. The van der Waals surface area contributed by atoms with Gasteiger partial charge in [0.2, 0.25) is 0 Å². The van der Waals surface area contributed by atoms with E-state index in [0.717, 1.165) is 0 Å². The molecule has 64 valence electrons. The van der Waals surface area contributed by atoms with Crippen LogP contribution in [0.4, 0.5) is 0 Å². The Morgan fingerprint density at radius 2 is 1.91 bits per heavy atom. The molecule has 0 aromatic heterocycles. The molecule has 0 aliphatic rings. The Hall–Kier alpha value is -0.710. The van der Waals surface area contributed by atoms with E-state index in [-0.39, 0.29) is 6.42 Å². The van der Waals surface area contributed by atoms with Gasteiger partial charge in [-0.2, -0.15) is 12.6 Å². The molecule has 0 saturated heterocycles. The summed E-state index contributed by atoms with van der Waals surface area (Å²) in [6.45, 7) is 0. The highest BCUT2D eigenvalue weighted by molar-refractivity contribution is 7.80. The average Bonchev–Trinajstić information content (AvgIpc) is 1.86. The first-order chi connectivity index (χ1) is 5.07. The van der Waals surface area contributed by atoms with Gasteiger partial charge >= 0.3 is 11.9 Å². The zero-order valence-corrected chi connectivity index (χ0v) is 6.75. The van der Waals surface area contributed by atoms with E-state index in [1.807, 2.05) is 0 Å². The standard InChI is InChI=1S/C6H10O4S/c7-5(8)3-4(1-2-11)6(9)10/h4,11H,1-3H2,(H,7,8)(H,9,10). The van der Waals surface area contributed by atoms with Crippen LogP contribution in [-0.2, 0) is 9.59 Å². The molecule has 0 amide bonds. The molecule has 0 aliphatic carbocycles. The van der Waals surface area contributed by atoms with Crippen molar-refractivity contribution in [1.29, 1.82) is 0 Å². The van der Waals surface area contributed by atoms with Gasteiger partial charge in [0.05, 0.1) is 12.3 Å². The zero-order valence-electron chi connectivity index (χ0n) is 5.86. The highest BCUT2D eigenvalue weighted by atomic mass is 32.1. The summed E-state index contributed by atoms with van der Waals surface area (Å²) in [5.74, 6) is -2.56. The number of thiol groups is 1. The van der Waals surface area contributed by atoms with Crippen LogP contribution in [0.3, 0.4) is 0 Å². The van der Waals surface area contributed by atoms with Crippen LogP contribution in [0.2, 0.25) is 0 Å². The van der Waals surface area contributed by atoms with Crippen molar-refractivity contribution in [2.45, 2.75) is 12.8 Å². The summed E-state index contributed by atoms with van der Waals surface area (Å²) in [5, 5.41) is 16.7. The van der Waals surface area contributed by atoms with Gasteiger partial charge in [-0.1, -0.05) is 0 Å². The summed E-state index contributed by atoms with van der Waals surface area (Å²) in [4.78, 5) is 20.4. The van der Waals surface area contributed by atoms with Crippen molar-refractivity contribution < 1.29 is 19.8 Å². The van der Waals surface area contributed by atoms with Crippen molar-refractivity contribution in [3.8, 4) is 0 Å². The second-order valence-electron chi connectivity index (χ2n) is 2.15. The lowest BCUT2D eigenvalue weighted by Crippen LogP contribution is -2.18. The van der Waals surface area contributed by atoms with Crippen LogP contribution in [0.25, 0.3) is 0 Å². The number of carbonyl (C=O) groups is 2. The fraction of sp³-hybridized carbons (Fsp3) is 0.667. The molecular formula is C6H10O4S.